The van der Waals surface area contributed by atoms with Crippen LogP contribution in [0.1, 0.15) is 29.1 Å². The van der Waals surface area contributed by atoms with E-state index in [1.54, 1.807) is 19.4 Å². The van der Waals surface area contributed by atoms with Crippen LogP contribution in [-0.2, 0) is 11.3 Å². The largest absolute Gasteiger partial charge is 0.335 e. The van der Waals surface area contributed by atoms with Gasteiger partial charge in [-0.1, -0.05) is 20.8 Å². The average Bonchev–Trinajstić information content (AvgIpc) is 2.73. The van der Waals surface area contributed by atoms with Crippen molar-refractivity contribution in [3.8, 4) is 0 Å². The van der Waals surface area contributed by atoms with Crippen LogP contribution in [0.5, 0.6) is 0 Å². The van der Waals surface area contributed by atoms with E-state index >= 15 is 0 Å². The molecular weight excluding hydrogens is 190 g/mol. The van der Waals surface area contributed by atoms with E-state index in [0.29, 0.717) is 6.54 Å². The lowest BCUT2D eigenvalue weighted by atomic mass is 10.2. The van der Waals surface area contributed by atoms with Gasteiger partial charge in [0.1, 0.15) is 5.78 Å². The van der Waals surface area contributed by atoms with Gasteiger partial charge < -0.3 is 9.88 Å². The summed E-state index contributed by atoms with van der Waals surface area (Å²) in [5.41, 5.74) is 0. The highest BCUT2D eigenvalue weighted by atomic mass is 16.1. The number of aromatic nitrogens is 2. The first-order valence-corrected chi connectivity index (χ1v) is 5.43. The molecule has 4 heteroatoms. The molecule has 15 heavy (non-hydrogen) atoms. The highest BCUT2D eigenvalue weighted by molar-refractivity contribution is 5.81. The molecule has 0 bridgehead atoms. The van der Waals surface area contributed by atoms with E-state index in [-0.39, 0.29) is 13.3 Å². The number of carbonyl (C=O) groups excluding carboxylic acids is 1. The molecule has 1 N–H and O–H groups in total. The predicted octanol–water partition coefficient (Wildman–Crippen LogP) is 1.72. The number of likely N-dealkylation sites (N-methyl/N-ethyl adjacent to an activating group) is 1. The van der Waals surface area contributed by atoms with Crippen molar-refractivity contribution in [1.82, 2.24) is 14.9 Å². The number of imidazole rings is 1. The molecule has 0 aliphatic rings. The minimum atomic E-state index is -0.0980. The summed E-state index contributed by atoms with van der Waals surface area (Å²) in [7, 11) is 0. The van der Waals surface area contributed by atoms with Gasteiger partial charge in [-0.15, -0.1) is 0 Å². The van der Waals surface area contributed by atoms with E-state index in [1.165, 1.54) is 0 Å². The zero-order valence-electron chi connectivity index (χ0n) is 10.0. The summed E-state index contributed by atoms with van der Waals surface area (Å²) in [6, 6.07) is -0.0980. The Labute approximate surface area is 93.2 Å². The third-order valence-corrected chi connectivity index (χ3v) is 1.89. The summed E-state index contributed by atoms with van der Waals surface area (Å²) >= 11 is 0. The van der Waals surface area contributed by atoms with Gasteiger partial charge in [0.15, 0.2) is 0 Å². The van der Waals surface area contributed by atoms with E-state index in [4.69, 9.17) is 0 Å². The second-order valence-electron chi connectivity index (χ2n) is 2.98. The first-order valence-electron chi connectivity index (χ1n) is 5.43. The molecule has 0 aliphatic heterocycles. The molecule has 0 unspecified atom stereocenters. The second kappa shape index (κ2) is 8.17. The highest BCUT2D eigenvalue weighted by Crippen LogP contribution is 1.93. The predicted molar refractivity (Wildman–Crippen MR) is 63.8 cm³/mol. The highest BCUT2D eigenvalue weighted by Gasteiger charge is 2.12. The molecule has 1 aromatic heterocycles. The molecule has 0 spiro atoms. The van der Waals surface area contributed by atoms with Crippen molar-refractivity contribution in [3.05, 3.63) is 18.7 Å². The summed E-state index contributed by atoms with van der Waals surface area (Å²) in [6.45, 7) is 9.05. The molecule has 88 valence electrons. The van der Waals surface area contributed by atoms with Crippen molar-refractivity contribution in [3.63, 3.8) is 0 Å². The SMILES string of the molecule is CC.CCN[C@@H](Cn1ccnc1)C(C)=O.[HH]. The lowest BCUT2D eigenvalue weighted by molar-refractivity contribution is -0.119. The van der Waals surface area contributed by atoms with Gasteiger partial charge in [-0.25, -0.2) is 4.98 Å². The van der Waals surface area contributed by atoms with Gasteiger partial charge >= 0.3 is 0 Å². The number of rotatable bonds is 5. The lowest BCUT2D eigenvalue weighted by Gasteiger charge is -2.14. The maximum atomic E-state index is 11.2. The number of ketones is 1. The van der Waals surface area contributed by atoms with Gasteiger partial charge in [0, 0.05) is 20.4 Å². The summed E-state index contributed by atoms with van der Waals surface area (Å²) < 4.78 is 1.90. The van der Waals surface area contributed by atoms with Gasteiger partial charge in [0.05, 0.1) is 12.4 Å². The van der Waals surface area contributed by atoms with Crippen LogP contribution in [-0.4, -0.2) is 27.9 Å². The molecular formula is C11H23N3O. The molecule has 0 radical (unpaired) electrons. The summed E-state index contributed by atoms with van der Waals surface area (Å²) in [6.07, 6.45) is 5.28. The zero-order chi connectivity index (χ0) is 11.7. The molecule has 0 fully saturated rings. The van der Waals surface area contributed by atoms with Gasteiger partial charge in [-0.05, 0) is 13.5 Å². The average molecular weight is 213 g/mol. The van der Waals surface area contributed by atoms with Gasteiger partial charge in [-0.3, -0.25) is 4.79 Å². The Morgan fingerprint density at radius 3 is 2.67 bits per heavy atom. The van der Waals surface area contributed by atoms with E-state index in [2.05, 4.69) is 10.3 Å². The molecule has 0 saturated carbocycles. The Bertz CT molecular complexity index is 262. The van der Waals surface area contributed by atoms with E-state index in [9.17, 15) is 4.79 Å². The topological polar surface area (TPSA) is 46.9 Å². The first kappa shape index (κ1) is 13.8. The third kappa shape index (κ3) is 5.32. The molecule has 4 nitrogen and oxygen atoms in total. The summed E-state index contributed by atoms with van der Waals surface area (Å²) in [5, 5.41) is 3.12. The minimum Gasteiger partial charge on any atom is -0.335 e. The molecule has 0 aromatic carbocycles. The van der Waals surface area contributed by atoms with Crippen LogP contribution in [0.15, 0.2) is 18.7 Å². The monoisotopic (exact) mass is 213 g/mol. The van der Waals surface area contributed by atoms with Gasteiger partial charge in [0.25, 0.3) is 0 Å². The van der Waals surface area contributed by atoms with Crippen molar-refractivity contribution in [2.45, 2.75) is 40.3 Å². The zero-order valence-corrected chi connectivity index (χ0v) is 10.0. The maximum absolute atomic E-state index is 11.2. The fourth-order valence-electron chi connectivity index (χ4n) is 1.19. The van der Waals surface area contributed by atoms with Crippen molar-refractivity contribution < 1.29 is 6.22 Å². The molecule has 1 rings (SSSR count). The fraction of sp³-hybridized carbons (Fsp3) is 0.636. The number of nitrogens with one attached hydrogen (secondary N) is 1. The fourth-order valence-corrected chi connectivity index (χ4v) is 1.19. The van der Waals surface area contributed by atoms with Crippen LogP contribution in [0.2, 0.25) is 0 Å². The van der Waals surface area contributed by atoms with Gasteiger partial charge in [-0.2, -0.15) is 0 Å². The minimum absolute atomic E-state index is 0. The van der Waals surface area contributed by atoms with E-state index in [0.717, 1.165) is 6.54 Å². The first-order chi connectivity index (χ1) is 7.24. The Hall–Kier alpha value is -1.16. The van der Waals surface area contributed by atoms with Crippen LogP contribution in [0.3, 0.4) is 0 Å². The van der Waals surface area contributed by atoms with Crippen LogP contribution < -0.4 is 5.32 Å². The van der Waals surface area contributed by atoms with Gasteiger partial charge in [0.2, 0.25) is 0 Å². The number of hydrogen-bond acceptors (Lipinski definition) is 3. The smallest absolute Gasteiger partial charge is 0.148 e. The molecule has 1 aromatic rings. The standard InChI is InChI=1S/C9H15N3O.C2H6.H2/c1-3-11-9(8(2)13)6-12-5-4-10-7-12;1-2;/h4-5,7,9,11H,3,6H2,1-2H3;1-2H3;1H/t9-;;/m0../s1. The molecule has 0 aliphatic carbocycles. The third-order valence-electron chi connectivity index (χ3n) is 1.89. The number of nitrogens with zero attached hydrogens (tertiary/aromatic N) is 2. The van der Waals surface area contributed by atoms with Crippen LogP contribution in [0, 0.1) is 0 Å². The Morgan fingerprint density at radius 1 is 1.60 bits per heavy atom. The van der Waals surface area contributed by atoms with Crippen LogP contribution in [0.25, 0.3) is 0 Å². The van der Waals surface area contributed by atoms with Crippen LogP contribution >= 0.6 is 0 Å². The van der Waals surface area contributed by atoms with Crippen molar-refractivity contribution in [2.75, 3.05) is 6.54 Å². The number of hydrogen-bond donors (Lipinski definition) is 1. The molecule has 0 amide bonds. The molecule has 0 saturated heterocycles. The number of Topliss-reactive ketones (excluding diaryl/α,β-unsaturated/α-hetero) is 1. The van der Waals surface area contributed by atoms with Crippen molar-refractivity contribution >= 4 is 5.78 Å². The van der Waals surface area contributed by atoms with Crippen molar-refractivity contribution in [2.24, 2.45) is 0 Å². The summed E-state index contributed by atoms with van der Waals surface area (Å²) in [4.78, 5) is 15.1. The van der Waals surface area contributed by atoms with E-state index < -0.39 is 0 Å². The number of carbonyl (C=O) groups is 1. The maximum Gasteiger partial charge on any atom is 0.148 e. The van der Waals surface area contributed by atoms with Crippen LogP contribution in [0.4, 0.5) is 0 Å². The summed E-state index contributed by atoms with van der Waals surface area (Å²) in [5.74, 6) is 0.163. The van der Waals surface area contributed by atoms with E-state index in [1.807, 2.05) is 31.5 Å². The Kier molecular flexibility index (Phi) is 7.54. The lowest BCUT2D eigenvalue weighted by Crippen LogP contribution is -2.38. The molecule has 1 atom stereocenters. The second-order valence-corrected chi connectivity index (χ2v) is 2.98. The normalized spacial score (nSPS) is 11.5. The van der Waals surface area contributed by atoms with Crippen molar-refractivity contribution in [1.29, 1.82) is 0 Å². The quantitative estimate of drug-likeness (QED) is 0.810. The molecule has 1 heterocycles. The Balaban J connectivity index is 0. The Morgan fingerprint density at radius 2 is 2.27 bits per heavy atom.